The standard InChI is InChI=1S/C15H23NO3/c1-4-5-16-11-6-14(7-11)19-15-9-12(17-2)8-13(10-15)18-3/h8-11,14,16H,4-7H2,1-3H3. The highest BCUT2D eigenvalue weighted by atomic mass is 16.5. The van der Waals surface area contributed by atoms with E-state index in [0.29, 0.717) is 12.1 Å². The summed E-state index contributed by atoms with van der Waals surface area (Å²) >= 11 is 0. The number of methoxy groups -OCH3 is 2. The molecule has 0 atom stereocenters. The molecule has 0 spiro atoms. The number of rotatable bonds is 7. The molecule has 0 radical (unpaired) electrons. The van der Waals surface area contributed by atoms with Crippen molar-refractivity contribution < 1.29 is 14.2 Å². The maximum absolute atomic E-state index is 5.95. The molecule has 1 aliphatic carbocycles. The van der Waals surface area contributed by atoms with Crippen LogP contribution in [0, 0.1) is 0 Å². The zero-order chi connectivity index (χ0) is 13.7. The second-order valence-electron chi connectivity index (χ2n) is 4.91. The van der Waals surface area contributed by atoms with Gasteiger partial charge in [0.1, 0.15) is 23.4 Å². The fourth-order valence-corrected chi connectivity index (χ4v) is 2.22. The highest BCUT2D eigenvalue weighted by Gasteiger charge is 2.30. The minimum atomic E-state index is 0.297. The predicted octanol–water partition coefficient (Wildman–Crippen LogP) is 2.61. The van der Waals surface area contributed by atoms with Gasteiger partial charge >= 0.3 is 0 Å². The molecule has 0 heterocycles. The first-order valence-electron chi connectivity index (χ1n) is 6.88. The Bertz CT molecular complexity index is 380. The molecule has 1 saturated carbocycles. The Kier molecular flexibility index (Phi) is 4.91. The Labute approximate surface area is 115 Å². The van der Waals surface area contributed by atoms with Crippen LogP contribution in [0.2, 0.25) is 0 Å². The van der Waals surface area contributed by atoms with Crippen molar-refractivity contribution >= 4 is 0 Å². The van der Waals surface area contributed by atoms with E-state index >= 15 is 0 Å². The van der Waals surface area contributed by atoms with Crippen molar-refractivity contribution in [1.29, 1.82) is 0 Å². The number of ether oxygens (including phenoxy) is 3. The fraction of sp³-hybridized carbons (Fsp3) is 0.600. The van der Waals surface area contributed by atoms with E-state index in [2.05, 4.69) is 12.2 Å². The van der Waals surface area contributed by atoms with Crippen molar-refractivity contribution in [2.45, 2.75) is 38.3 Å². The van der Waals surface area contributed by atoms with Gasteiger partial charge in [0, 0.05) is 24.2 Å². The maximum Gasteiger partial charge on any atom is 0.127 e. The van der Waals surface area contributed by atoms with Gasteiger partial charge in [0.15, 0.2) is 0 Å². The summed E-state index contributed by atoms with van der Waals surface area (Å²) in [4.78, 5) is 0. The van der Waals surface area contributed by atoms with E-state index < -0.39 is 0 Å². The lowest BCUT2D eigenvalue weighted by atomic mass is 9.89. The molecule has 1 aliphatic rings. The summed E-state index contributed by atoms with van der Waals surface area (Å²) in [5, 5.41) is 3.50. The van der Waals surface area contributed by atoms with E-state index in [-0.39, 0.29) is 0 Å². The van der Waals surface area contributed by atoms with Crippen molar-refractivity contribution in [2.75, 3.05) is 20.8 Å². The van der Waals surface area contributed by atoms with Gasteiger partial charge in [-0.3, -0.25) is 0 Å². The van der Waals surface area contributed by atoms with Crippen LogP contribution in [0.25, 0.3) is 0 Å². The first-order valence-corrected chi connectivity index (χ1v) is 6.88. The second kappa shape index (κ2) is 6.66. The summed E-state index contributed by atoms with van der Waals surface area (Å²) in [7, 11) is 3.29. The zero-order valence-corrected chi connectivity index (χ0v) is 11.9. The number of hydrogen-bond donors (Lipinski definition) is 1. The third-order valence-corrected chi connectivity index (χ3v) is 3.41. The van der Waals surface area contributed by atoms with Crippen LogP contribution in [0.5, 0.6) is 17.2 Å². The molecule has 0 aromatic heterocycles. The van der Waals surface area contributed by atoms with Gasteiger partial charge in [-0.15, -0.1) is 0 Å². The van der Waals surface area contributed by atoms with Crippen LogP contribution in [0.3, 0.4) is 0 Å². The lowest BCUT2D eigenvalue weighted by Gasteiger charge is -2.36. The summed E-state index contributed by atoms with van der Waals surface area (Å²) in [5.41, 5.74) is 0. The molecule has 1 aromatic rings. The highest BCUT2D eigenvalue weighted by molar-refractivity contribution is 5.42. The molecular weight excluding hydrogens is 242 g/mol. The van der Waals surface area contributed by atoms with E-state index in [1.807, 2.05) is 18.2 Å². The predicted molar refractivity (Wildman–Crippen MR) is 75.3 cm³/mol. The summed E-state index contributed by atoms with van der Waals surface area (Å²) < 4.78 is 16.4. The Hall–Kier alpha value is -1.42. The topological polar surface area (TPSA) is 39.7 Å². The van der Waals surface area contributed by atoms with E-state index in [0.717, 1.165) is 36.6 Å². The normalized spacial score (nSPS) is 21.6. The lowest BCUT2D eigenvalue weighted by molar-refractivity contribution is 0.0848. The number of nitrogens with one attached hydrogen (secondary N) is 1. The minimum absolute atomic E-state index is 0.297. The third kappa shape index (κ3) is 3.77. The van der Waals surface area contributed by atoms with E-state index in [1.54, 1.807) is 14.2 Å². The Morgan fingerprint density at radius 1 is 1.05 bits per heavy atom. The van der Waals surface area contributed by atoms with Crippen LogP contribution in [0.15, 0.2) is 18.2 Å². The van der Waals surface area contributed by atoms with Crippen molar-refractivity contribution in [3.8, 4) is 17.2 Å². The summed E-state index contributed by atoms with van der Waals surface area (Å²) in [6.07, 6.45) is 3.61. The molecule has 0 aliphatic heterocycles. The van der Waals surface area contributed by atoms with Crippen molar-refractivity contribution in [3.63, 3.8) is 0 Å². The van der Waals surface area contributed by atoms with E-state index in [1.165, 1.54) is 6.42 Å². The molecule has 0 bridgehead atoms. The Morgan fingerprint density at radius 2 is 1.63 bits per heavy atom. The summed E-state index contributed by atoms with van der Waals surface area (Å²) in [6, 6.07) is 6.25. The molecule has 1 aromatic carbocycles. The molecule has 2 rings (SSSR count). The molecule has 4 nitrogen and oxygen atoms in total. The van der Waals surface area contributed by atoms with Crippen molar-refractivity contribution in [2.24, 2.45) is 0 Å². The van der Waals surface area contributed by atoms with Crippen molar-refractivity contribution in [1.82, 2.24) is 5.32 Å². The van der Waals surface area contributed by atoms with Crippen LogP contribution < -0.4 is 19.5 Å². The quantitative estimate of drug-likeness (QED) is 0.822. The number of benzene rings is 1. The van der Waals surface area contributed by atoms with Gasteiger partial charge in [-0.2, -0.15) is 0 Å². The fourth-order valence-electron chi connectivity index (χ4n) is 2.22. The molecule has 4 heteroatoms. The van der Waals surface area contributed by atoms with Crippen LogP contribution >= 0.6 is 0 Å². The minimum Gasteiger partial charge on any atom is -0.496 e. The largest absolute Gasteiger partial charge is 0.496 e. The lowest BCUT2D eigenvalue weighted by Crippen LogP contribution is -2.46. The average Bonchev–Trinajstić information content (AvgIpc) is 2.40. The highest BCUT2D eigenvalue weighted by Crippen LogP contribution is 2.31. The number of hydrogen-bond acceptors (Lipinski definition) is 4. The smallest absolute Gasteiger partial charge is 0.127 e. The molecule has 0 saturated heterocycles. The third-order valence-electron chi connectivity index (χ3n) is 3.41. The van der Waals surface area contributed by atoms with Gasteiger partial charge in [0.05, 0.1) is 14.2 Å². The van der Waals surface area contributed by atoms with Crippen molar-refractivity contribution in [3.05, 3.63) is 18.2 Å². The molecule has 0 unspecified atom stereocenters. The molecule has 1 fully saturated rings. The van der Waals surface area contributed by atoms with Gasteiger partial charge in [-0.25, -0.2) is 0 Å². The molecule has 106 valence electrons. The van der Waals surface area contributed by atoms with Gasteiger partial charge in [-0.05, 0) is 25.8 Å². The van der Waals surface area contributed by atoms with Crippen LogP contribution in [-0.4, -0.2) is 32.9 Å². The Morgan fingerprint density at radius 3 is 2.16 bits per heavy atom. The van der Waals surface area contributed by atoms with E-state index in [9.17, 15) is 0 Å². The summed E-state index contributed by atoms with van der Waals surface area (Å²) in [6.45, 7) is 3.27. The zero-order valence-electron chi connectivity index (χ0n) is 11.9. The Balaban J connectivity index is 1.86. The maximum atomic E-state index is 5.95. The SMILES string of the molecule is CCCNC1CC(Oc2cc(OC)cc(OC)c2)C1. The first kappa shape index (κ1) is 14.0. The molecule has 1 N–H and O–H groups in total. The average molecular weight is 265 g/mol. The van der Waals surface area contributed by atoms with Crippen LogP contribution in [0.1, 0.15) is 26.2 Å². The van der Waals surface area contributed by atoms with Gasteiger partial charge in [-0.1, -0.05) is 6.92 Å². The second-order valence-corrected chi connectivity index (χ2v) is 4.91. The van der Waals surface area contributed by atoms with E-state index in [4.69, 9.17) is 14.2 Å². The molecule has 19 heavy (non-hydrogen) atoms. The van der Waals surface area contributed by atoms with Crippen LogP contribution in [0.4, 0.5) is 0 Å². The van der Waals surface area contributed by atoms with Crippen LogP contribution in [-0.2, 0) is 0 Å². The first-order chi connectivity index (χ1) is 9.25. The van der Waals surface area contributed by atoms with Gasteiger partial charge < -0.3 is 19.5 Å². The van der Waals surface area contributed by atoms with Gasteiger partial charge in [0.2, 0.25) is 0 Å². The van der Waals surface area contributed by atoms with Gasteiger partial charge in [0.25, 0.3) is 0 Å². The molecular formula is C15H23NO3. The summed E-state index contributed by atoms with van der Waals surface area (Å²) in [5.74, 6) is 2.33. The monoisotopic (exact) mass is 265 g/mol. The molecule has 0 amide bonds.